The van der Waals surface area contributed by atoms with Crippen LogP contribution in [0.3, 0.4) is 0 Å². The molecule has 0 aliphatic rings. The van der Waals surface area contributed by atoms with Gasteiger partial charge in [0.1, 0.15) is 11.5 Å². The van der Waals surface area contributed by atoms with Crippen LogP contribution in [0, 0.1) is 6.92 Å². The predicted molar refractivity (Wildman–Crippen MR) is 84.0 cm³/mol. The van der Waals surface area contributed by atoms with Crippen molar-refractivity contribution < 1.29 is 9.47 Å². The molecule has 0 amide bonds. The molecule has 0 aliphatic heterocycles. The van der Waals surface area contributed by atoms with E-state index in [1.807, 2.05) is 30.5 Å². The van der Waals surface area contributed by atoms with Crippen LogP contribution in [0.5, 0.6) is 11.5 Å². The van der Waals surface area contributed by atoms with E-state index >= 15 is 0 Å². The Morgan fingerprint density at radius 3 is 2.29 bits per heavy atom. The Bertz CT molecular complexity index is 577. The first-order valence-electron chi connectivity index (χ1n) is 7.06. The maximum Gasteiger partial charge on any atom is 0.122 e. The number of nitrogens with one attached hydrogen (secondary N) is 1. The molecule has 2 rings (SSSR count). The Labute approximate surface area is 126 Å². The number of aromatic nitrogens is 1. The van der Waals surface area contributed by atoms with Gasteiger partial charge in [0.05, 0.1) is 26.0 Å². The van der Waals surface area contributed by atoms with Gasteiger partial charge >= 0.3 is 0 Å². The van der Waals surface area contributed by atoms with Gasteiger partial charge in [0.25, 0.3) is 0 Å². The molecule has 112 valence electrons. The van der Waals surface area contributed by atoms with Crippen molar-refractivity contribution in [3.63, 3.8) is 0 Å². The summed E-state index contributed by atoms with van der Waals surface area (Å²) in [6, 6.07) is 10.0. The normalized spacial score (nSPS) is 12.0. The number of hydrogen-bond acceptors (Lipinski definition) is 4. The number of rotatable bonds is 6. The smallest absolute Gasteiger partial charge is 0.122 e. The lowest BCUT2D eigenvalue weighted by atomic mass is 10.0. The van der Waals surface area contributed by atoms with Gasteiger partial charge in [-0.15, -0.1) is 0 Å². The third-order valence-electron chi connectivity index (χ3n) is 3.35. The molecule has 4 heteroatoms. The maximum atomic E-state index is 5.36. The summed E-state index contributed by atoms with van der Waals surface area (Å²) in [5, 5.41) is 3.47. The molecule has 0 bridgehead atoms. The molecule has 1 N–H and O–H groups in total. The van der Waals surface area contributed by atoms with E-state index in [1.54, 1.807) is 14.2 Å². The average Bonchev–Trinajstić information content (AvgIpc) is 2.52. The van der Waals surface area contributed by atoms with Crippen molar-refractivity contribution >= 4 is 0 Å². The Hall–Kier alpha value is -2.07. The van der Waals surface area contributed by atoms with Crippen LogP contribution >= 0.6 is 0 Å². The Morgan fingerprint density at radius 2 is 1.76 bits per heavy atom. The maximum absolute atomic E-state index is 5.36. The molecule has 0 saturated heterocycles. The molecule has 0 aliphatic carbocycles. The summed E-state index contributed by atoms with van der Waals surface area (Å²) >= 11 is 0. The third kappa shape index (κ3) is 3.73. The van der Waals surface area contributed by atoms with Gasteiger partial charge in [-0.1, -0.05) is 6.92 Å². The van der Waals surface area contributed by atoms with Crippen LogP contribution in [0.4, 0.5) is 0 Å². The number of benzene rings is 1. The first-order chi connectivity index (χ1) is 10.2. The Balaban J connectivity index is 2.46. The third-order valence-corrected chi connectivity index (χ3v) is 3.35. The predicted octanol–water partition coefficient (Wildman–Crippen LogP) is 3.11. The van der Waals surface area contributed by atoms with E-state index in [0.717, 1.165) is 29.3 Å². The number of pyridine rings is 1. The second-order valence-corrected chi connectivity index (χ2v) is 4.89. The minimum absolute atomic E-state index is 0.0129. The molecule has 1 unspecified atom stereocenters. The van der Waals surface area contributed by atoms with Crippen LogP contribution in [0.15, 0.2) is 36.5 Å². The highest BCUT2D eigenvalue weighted by Gasteiger charge is 2.16. The van der Waals surface area contributed by atoms with E-state index in [9.17, 15) is 0 Å². The van der Waals surface area contributed by atoms with Crippen LogP contribution in [-0.2, 0) is 0 Å². The molecule has 21 heavy (non-hydrogen) atoms. The first kappa shape index (κ1) is 15.3. The molecule has 0 spiro atoms. The van der Waals surface area contributed by atoms with E-state index in [1.165, 1.54) is 5.56 Å². The summed E-state index contributed by atoms with van der Waals surface area (Å²) in [6.45, 7) is 5.00. The monoisotopic (exact) mass is 286 g/mol. The molecule has 0 radical (unpaired) electrons. The molecular formula is C17H22N2O2. The van der Waals surface area contributed by atoms with Gasteiger partial charge in [-0.25, -0.2) is 0 Å². The highest BCUT2D eigenvalue weighted by Crippen LogP contribution is 2.29. The quantitative estimate of drug-likeness (QED) is 0.886. The Morgan fingerprint density at radius 1 is 1.10 bits per heavy atom. The first-order valence-corrected chi connectivity index (χ1v) is 7.06. The molecule has 1 aromatic heterocycles. The fourth-order valence-corrected chi connectivity index (χ4v) is 2.31. The minimum atomic E-state index is 0.0129. The van der Waals surface area contributed by atoms with Crippen molar-refractivity contribution in [1.29, 1.82) is 0 Å². The molecule has 2 aromatic rings. The van der Waals surface area contributed by atoms with Crippen LogP contribution in [0.2, 0.25) is 0 Å². The highest BCUT2D eigenvalue weighted by atomic mass is 16.5. The summed E-state index contributed by atoms with van der Waals surface area (Å²) in [4.78, 5) is 4.50. The number of aryl methyl sites for hydroxylation is 1. The summed E-state index contributed by atoms with van der Waals surface area (Å²) in [5.41, 5.74) is 3.26. The van der Waals surface area contributed by atoms with Gasteiger partial charge in [0.15, 0.2) is 0 Å². The fraction of sp³-hybridized carbons (Fsp3) is 0.353. The summed E-state index contributed by atoms with van der Waals surface area (Å²) in [5.74, 6) is 1.56. The number of methoxy groups -OCH3 is 2. The average molecular weight is 286 g/mol. The van der Waals surface area contributed by atoms with Gasteiger partial charge in [-0.3, -0.25) is 4.98 Å². The fourth-order valence-electron chi connectivity index (χ4n) is 2.31. The van der Waals surface area contributed by atoms with Gasteiger partial charge in [-0.05, 0) is 48.9 Å². The SMILES string of the molecule is CCNC(c1cc(OC)cc(OC)c1)c1cc(C)ccn1. The van der Waals surface area contributed by atoms with Crippen molar-refractivity contribution in [3.8, 4) is 11.5 Å². The van der Waals surface area contributed by atoms with E-state index < -0.39 is 0 Å². The molecular weight excluding hydrogens is 264 g/mol. The van der Waals surface area contributed by atoms with E-state index in [2.05, 4.69) is 30.2 Å². The lowest BCUT2D eigenvalue weighted by Crippen LogP contribution is -2.23. The molecule has 0 saturated carbocycles. The van der Waals surface area contributed by atoms with Crippen LogP contribution in [0.1, 0.15) is 29.8 Å². The summed E-state index contributed by atoms with van der Waals surface area (Å²) < 4.78 is 10.7. The molecule has 4 nitrogen and oxygen atoms in total. The molecule has 1 heterocycles. The lowest BCUT2D eigenvalue weighted by molar-refractivity contribution is 0.392. The number of ether oxygens (including phenoxy) is 2. The zero-order chi connectivity index (χ0) is 15.2. The number of hydrogen-bond donors (Lipinski definition) is 1. The summed E-state index contributed by atoms with van der Waals surface area (Å²) in [7, 11) is 3.32. The van der Waals surface area contributed by atoms with Crippen molar-refractivity contribution in [1.82, 2.24) is 10.3 Å². The van der Waals surface area contributed by atoms with Crippen molar-refractivity contribution in [2.75, 3.05) is 20.8 Å². The van der Waals surface area contributed by atoms with Gasteiger partial charge in [0, 0.05) is 12.3 Å². The second-order valence-electron chi connectivity index (χ2n) is 4.89. The zero-order valence-corrected chi connectivity index (χ0v) is 13.0. The van der Waals surface area contributed by atoms with Crippen molar-refractivity contribution in [3.05, 3.63) is 53.3 Å². The number of nitrogens with zero attached hydrogens (tertiary/aromatic N) is 1. The van der Waals surface area contributed by atoms with Gasteiger partial charge < -0.3 is 14.8 Å². The standard InChI is InChI=1S/C17H22N2O2/c1-5-18-17(16-8-12(2)6-7-19-16)13-9-14(20-3)11-15(10-13)21-4/h6-11,17-18H,5H2,1-4H3. The second kappa shape index (κ2) is 7.09. The highest BCUT2D eigenvalue weighted by molar-refractivity contribution is 5.42. The van der Waals surface area contributed by atoms with E-state index in [-0.39, 0.29) is 6.04 Å². The van der Waals surface area contributed by atoms with E-state index in [0.29, 0.717) is 0 Å². The van der Waals surface area contributed by atoms with E-state index in [4.69, 9.17) is 9.47 Å². The van der Waals surface area contributed by atoms with Crippen molar-refractivity contribution in [2.45, 2.75) is 19.9 Å². The molecule has 0 fully saturated rings. The molecule has 1 aromatic carbocycles. The molecule has 1 atom stereocenters. The van der Waals surface area contributed by atoms with Crippen LogP contribution in [-0.4, -0.2) is 25.7 Å². The summed E-state index contributed by atoms with van der Waals surface area (Å²) in [6.07, 6.45) is 1.84. The Kier molecular flexibility index (Phi) is 5.17. The minimum Gasteiger partial charge on any atom is -0.497 e. The van der Waals surface area contributed by atoms with Crippen LogP contribution < -0.4 is 14.8 Å². The lowest BCUT2D eigenvalue weighted by Gasteiger charge is -2.20. The van der Waals surface area contributed by atoms with Crippen molar-refractivity contribution in [2.24, 2.45) is 0 Å². The topological polar surface area (TPSA) is 43.4 Å². The zero-order valence-electron chi connectivity index (χ0n) is 13.0. The van der Waals surface area contributed by atoms with Gasteiger partial charge in [-0.2, -0.15) is 0 Å². The van der Waals surface area contributed by atoms with Gasteiger partial charge in [0.2, 0.25) is 0 Å². The largest absolute Gasteiger partial charge is 0.497 e. The van der Waals surface area contributed by atoms with Crippen LogP contribution in [0.25, 0.3) is 0 Å².